The minimum atomic E-state index is -0.0846. The van der Waals surface area contributed by atoms with Gasteiger partial charge in [0.05, 0.1) is 10.0 Å². The molecule has 0 aliphatic carbocycles. The molecule has 1 aliphatic heterocycles. The molecule has 0 saturated carbocycles. The highest BCUT2D eigenvalue weighted by atomic mass is 35.5. The first-order valence-electron chi connectivity index (χ1n) is 6.49. The summed E-state index contributed by atoms with van der Waals surface area (Å²) in [5, 5.41) is 3.66. The van der Waals surface area contributed by atoms with Gasteiger partial charge < -0.3 is 10.2 Å². The largest absolute Gasteiger partial charge is 0.352 e. The molecule has 6 heteroatoms. The zero-order valence-corrected chi connectivity index (χ0v) is 12.7. The molecule has 1 heterocycles. The highest BCUT2D eigenvalue weighted by Crippen LogP contribution is 2.24. The number of nitrogens with one attached hydrogen (secondary N) is 1. The molecule has 1 saturated heterocycles. The Labute approximate surface area is 128 Å². The summed E-state index contributed by atoms with van der Waals surface area (Å²) in [5.41, 5.74) is 0.517. The van der Waals surface area contributed by atoms with Gasteiger partial charge in [-0.3, -0.25) is 9.59 Å². The number of halogens is 2. The van der Waals surface area contributed by atoms with Crippen LogP contribution in [0.2, 0.25) is 10.0 Å². The van der Waals surface area contributed by atoms with Crippen molar-refractivity contribution >= 4 is 35.0 Å². The highest BCUT2D eigenvalue weighted by Gasteiger charge is 2.25. The van der Waals surface area contributed by atoms with Crippen molar-refractivity contribution in [2.75, 3.05) is 13.1 Å². The number of hydrogen-bond acceptors (Lipinski definition) is 2. The van der Waals surface area contributed by atoms with Crippen LogP contribution in [0.4, 0.5) is 0 Å². The van der Waals surface area contributed by atoms with Gasteiger partial charge in [-0.1, -0.05) is 23.2 Å². The predicted molar refractivity (Wildman–Crippen MR) is 79.2 cm³/mol. The lowest BCUT2D eigenvalue weighted by atomic mass is 10.0. The number of piperidine rings is 1. The Morgan fingerprint density at radius 2 is 2.05 bits per heavy atom. The van der Waals surface area contributed by atoms with Crippen molar-refractivity contribution in [3.05, 3.63) is 33.8 Å². The molecule has 0 spiro atoms. The van der Waals surface area contributed by atoms with Gasteiger partial charge in [0, 0.05) is 31.6 Å². The number of nitrogens with zero attached hydrogens (tertiary/aromatic N) is 1. The number of likely N-dealkylation sites (tertiary alicyclic amines) is 1. The summed E-state index contributed by atoms with van der Waals surface area (Å²) < 4.78 is 0. The van der Waals surface area contributed by atoms with E-state index in [0.717, 1.165) is 12.8 Å². The summed E-state index contributed by atoms with van der Waals surface area (Å²) in [5.74, 6) is -0.155. The molecule has 1 fully saturated rings. The molecule has 2 amide bonds. The van der Waals surface area contributed by atoms with E-state index in [1.54, 1.807) is 23.1 Å². The quantitative estimate of drug-likeness (QED) is 0.912. The maximum Gasteiger partial charge on any atom is 0.253 e. The predicted octanol–water partition coefficient (Wildman–Crippen LogP) is 2.73. The van der Waals surface area contributed by atoms with Crippen molar-refractivity contribution in [3.63, 3.8) is 0 Å². The van der Waals surface area contributed by atoms with Gasteiger partial charge in [0.2, 0.25) is 5.91 Å². The highest BCUT2D eigenvalue weighted by molar-refractivity contribution is 6.42. The van der Waals surface area contributed by atoms with E-state index in [2.05, 4.69) is 5.32 Å². The second-order valence-electron chi connectivity index (χ2n) is 4.92. The Kier molecular flexibility index (Phi) is 4.89. The zero-order chi connectivity index (χ0) is 14.7. The fraction of sp³-hybridized carbons (Fsp3) is 0.429. The van der Waals surface area contributed by atoms with Crippen LogP contribution in [0.3, 0.4) is 0 Å². The molecule has 1 unspecified atom stereocenters. The van der Waals surface area contributed by atoms with E-state index >= 15 is 0 Å². The SMILES string of the molecule is CC(=O)NC1CCCN(C(=O)c2ccc(Cl)c(Cl)c2)C1. The standard InChI is InChI=1S/C14H16Cl2N2O2/c1-9(19)17-11-3-2-6-18(8-11)14(20)10-4-5-12(15)13(16)7-10/h4-5,7,11H,2-3,6,8H2,1H3,(H,17,19). The van der Waals surface area contributed by atoms with E-state index in [1.165, 1.54) is 6.92 Å². The van der Waals surface area contributed by atoms with Crippen LogP contribution in [0.15, 0.2) is 18.2 Å². The summed E-state index contributed by atoms with van der Waals surface area (Å²) in [4.78, 5) is 25.2. The van der Waals surface area contributed by atoms with Gasteiger partial charge in [0.25, 0.3) is 5.91 Å². The molecule has 4 nitrogen and oxygen atoms in total. The van der Waals surface area contributed by atoms with Gasteiger partial charge in [-0.15, -0.1) is 0 Å². The van der Waals surface area contributed by atoms with Crippen molar-refractivity contribution in [1.82, 2.24) is 10.2 Å². The van der Waals surface area contributed by atoms with Crippen LogP contribution < -0.4 is 5.32 Å². The Bertz CT molecular complexity index is 534. The van der Waals surface area contributed by atoms with Crippen molar-refractivity contribution in [2.45, 2.75) is 25.8 Å². The van der Waals surface area contributed by atoms with E-state index in [-0.39, 0.29) is 17.9 Å². The molecule has 0 bridgehead atoms. The van der Waals surface area contributed by atoms with E-state index in [9.17, 15) is 9.59 Å². The number of rotatable bonds is 2. The lowest BCUT2D eigenvalue weighted by Gasteiger charge is -2.33. The van der Waals surface area contributed by atoms with E-state index < -0.39 is 0 Å². The molecule has 0 aromatic heterocycles. The Balaban J connectivity index is 2.08. The average Bonchev–Trinajstić information content (AvgIpc) is 2.40. The van der Waals surface area contributed by atoms with E-state index in [4.69, 9.17) is 23.2 Å². The summed E-state index contributed by atoms with van der Waals surface area (Å²) in [6, 6.07) is 4.88. The van der Waals surface area contributed by atoms with E-state index in [0.29, 0.717) is 28.7 Å². The smallest absolute Gasteiger partial charge is 0.253 e. The minimum Gasteiger partial charge on any atom is -0.352 e. The number of benzene rings is 1. The third kappa shape index (κ3) is 3.64. The molecule has 1 aliphatic rings. The number of hydrogen-bond donors (Lipinski definition) is 1. The van der Waals surface area contributed by atoms with Crippen LogP contribution >= 0.6 is 23.2 Å². The third-order valence-electron chi connectivity index (χ3n) is 3.28. The maximum absolute atomic E-state index is 12.4. The fourth-order valence-corrected chi connectivity index (χ4v) is 2.68. The number of carbonyl (C=O) groups is 2. The fourth-order valence-electron chi connectivity index (χ4n) is 2.38. The molecule has 1 aromatic carbocycles. The maximum atomic E-state index is 12.4. The molecule has 0 radical (unpaired) electrons. The van der Waals surface area contributed by atoms with Crippen molar-refractivity contribution in [2.24, 2.45) is 0 Å². The molecule has 1 atom stereocenters. The Morgan fingerprint density at radius 1 is 1.30 bits per heavy atom. The average molecular weight is 315 g/mol. The van der Waals surface area contributed by atoms with Gasteiger partial charge in [-0.25, -0.2) is 0 Å². The second kappa shape index (κ2) is 6.46. The van der Waals surface area contributed by atoms with Crippen molar-refractivity contribution in [3.8, 4) is 0 Å². The zero-order valence-electron chi connectivity index (χ0n) is 11.2. The van der Waals surface area contributed by atoms with E-state index in [1.807, 2.05) is 0 Å². The van der Waals surface area contributed by atoms with Crippen LogP contribution in [0.5, 0.6) is 0 Å². The third-order valence-corrected chi connectivity index (χ3v) is 4.02. The van der Waals surface area contributed by atoms with Crippen LogP contribution in [-0.2, 0) is 4.79 Å². The summed E-state index contributed by atoms with van der Waals surface area (Å²) in [7, 11) is 0. The van der Waals surface area contributed by atoms with Crippen LogP contribution in [0.25, 0.3) is 0 Å². The first-order valence-corrected chi connectivity index (χ1v) is 7.24. The normalized spacial score (nSPS) is 18.8. The monoisotopic (exact) mass is 314 g/mol. The molecular formula is C14H16Cl2N2O2. The molecule has 20 heavy (non-hydrogen) atoms. The Morgan fingerprint density at radius 3 is 2.70 bits per heavy atom. The lowest BCUT2D eigenvalue weighted by molar-refractivity contribution is -0.120. The summed E-state index contributed by atoms with van der Waals surface area (Å²) in [6.45, 7) is 2.70. The molecule has 1 aromatic rings. The molecule has 1 N–H and O–H groups in total. The number of carbonyl (C=O) groups excluding carboxylic acids is 2. The first-order chi connectivity index (χ1) is 9.47. The van der Waals surface area contributed by atoms with Gasteiger partial charge in [0.15, 0.2) is 0 Å². The van der Waals surface area contributed by atoms with Gasteiger partial charge in [-0.05, 0) is 31.0 Å². The molecular weight excluding hydrogens is 299 g/mol. The summed E-state index contributed by atoms with van der Waals surface area (Å²) in [6.07, 6.45) is 1.77. The number of amides is 2. The van der Waals surface area contributed by atoms with Crippen LogP contribution in [0.1, 0.15) is 30.1 Å². The first kappa shape index (κ1) is 15.1. The lowest BCUT2D eigenvalue weighted by Crippen LogP contribution is -2.49. The van der Waals surface area contributed by atoms with Crippen LogP contribution in [-0.4, -0.2) is 35.8 Å². The molecule has 2 rings (SSSR count). The van der Waals surface area contributed by atoms with Gasteiger partial charge >= 0.3 is 0 Å². The molecule has 108 valence electrons. The minimum absolute atomic E-state index is 0.0213. The topological polar surface area (TPSA) is 49.4 Å². The van der Waals surface area contributed by atoms with Crippen molar-refractivity contribution < 1.29 is 9.59 Å². The second-order valence-corrected chi connectivity index (χ2v) is 5.73. The van der Waals surface area contributed by atoms with Gasteiger partial charge in [0.1, 0.15) is 0 Å². The summed E-state index contributed by atoms with van der Waals surface area (Å²) >= 11 is 11.8. The Hall–Kier alpha value is -1.26. The van der Waals surface area contributed by atoms with Crippen LogP contribution in [0, 0.1) is 0 Å². The van der Waals surface area contributed by atoms with Gasteiger partial charge in [-0.2, -0.15) is 0 Å². The van der Waals surface area contributed by atoms with Crippen molar-refractivity contribution in [1.29, 1.82) is 0 Å².